The molecule has 4 rings (SSSR count). The molecule has 2 aromatic rings. The van der Waals surface area contributed by atoms with Crippen LogP contribution in [0.4, 0.5) is 0 Å². The number of aliphatic hydroxyl groups excluding tert-OH is 1. The number of hydrogen-bond donors (Lipinski definition) is 3. The lowest BCUT2D eigenvalue weighted by atomic mass is 9.69. The third-order valence-corrected chi connectivity index (χ3v) is 8.78. The van der Waals surface area contributed by atoms with Crippen molar-refractivity contribution >= 4 is 0 Å². The Kier molecular flexibility index (Phi) is 8.35. The fraction of sp³-hybridized carbons (Fsp3) is 0.655. The van der Waals surface area contributed by atoms with Crippen molar-refractivity contribution in [1.29, 1.82) is 0 Å². The molecule has 1 aliphatic carbocycles. The summed E-state index contributed by atoms with van der Waals surface area (Å²) in [6, 6.07) is 9.24. The molecule has 1 aromatic carbocycles. The quantitative estimate of drug-likeness (QED) is 0.514. The van der Waals surface area contributed by atoms with Crippen molar-refractivity contribution < 1.29 is 10.2 Å². The molecule has 1 saturated carbocycles. The molecule has 0 amide bonds. The van der Waals surface area contributed by atoms with Crippen LogP contribution in [-0.4, -0.2) is 49.6 Å². The average molecular weight is 497 g/mol. The topological polar surface area (TPSA) is 105 Å². The van der Waals surface area contributed by atoms with E-state index in [-0.39, 0.29) is 18.0 Å². The predicted molar refractivity (Wildman–Crippen MR) is 143 cm³/mol. The lowest BCUT2D eigenvalue weighted by Gasteiger charge is -2.52. The summed E-state index contributed by atoms with van der Waals surface area (Å²) in [7, 11) is 0. The smallest absolute Gasteiger partial charge is 0.253 e. The van der Waals surface area contributed by atoms with Crippen molar-refractivity contribution in [2.24, 2.45) is 23.0 Å². The molecule has 7 heteroatoms. The minimum absolute atomic E-state index is 0.180. The summed E-state index contributed by atoms with van der Waals surface area (Å²) in [4.78, 5) is 19.6. The van der Waals surface area contributed by atoms with Gasteiger partial charge in [-0.05, 0) is 30.2 Å². The van der Waals surface area contributed by atoms with Crippen LogP contribution in [0.5, 0.6) is 0 Å². The molecule has 2 heterocycles. The molecule has 0 bridgehead atoms. The summed E-state index contributed by atoms with van der Waals surface area (Å²) < 4.78 is 1.51. The van der Waals surface area contributed by atoms with Gasteiger partial charge in [0.15, 0.2) is 0 Å². The van der Waals surface area contributed by atoms with E-state index in [9.17, 15) is 15.0 Å². The van der Waals surface area contributed by atoms with E-state index in [0.29, 0.717) is 31.7 Å². The van der Waals surface area contributed by atoms with Crippen molar-refractivity contribution in [2.45, 2.75) is 90.6 Å². The highest BCUT2D eigenvalue weighted by molar-refractivity contribution is 5.58. The van der Waals surface area contributed by atoms with Gasteiger partial charge in [-0.2, -0.15) is 0 Å². The molecule has 0 radical (unpaired) electrons. The summed E-state index contributed by atoms with van der Waals surface area (Å²) in [5.41, 5.74) is 6.40. The van der Waals surface area contributed by atoms with Crippen LogP contribution in [0.2, 0.25) is 0 Å². The van der Waals surface area contributed by atoms with Crippen LogP contribution in [0.15, 0.2) is 41.5 Å². The van der Waals surface area contributed by atoms with Gasteiger partial charge >= 0.3 is 0 Å². The van der Waals surface area contributed by atoms with Crippen molar-refractivity contribution in [2.75, 3.05) is 13.1 Å². The van der Waals surface area contributed by atoms with Gasteiger partial charge in [-0.1, -0.05) is 77.1 Å². The molecule has 7 nitrogen and oxygen atoms in total. The van der Waals surface area contributed by atoms with Crippen molar-refractivity contribution in [3.8, 4) is 11.3 Å². The molecule has 2 fully saturated rings. The molecular formula is C29H44N4O3. The highest BCUT2D eigenvalue weighted by Gasteiger charge is 2.49. The van der Waals surface area contributed by atoms with Gasteiger partial charge in [0.25, 0.3) is 5.56 Å². The third-order valence-electron chi connectivity index (χ3n) is 8.78. The lowest BCUT2D eigenvalue weighted by molar-refractivity contribution is -0.165. The zero-order valence-electron chi connectivity index (χ0n) is 22.2. The van der Waals surface area contributed by atoms with E-state index < -0.39 is 17.2 Å². The molecule has 1 aliphatic heterocycles. The second-order valence-electron chi connectivity index (χ2n) is 11.9. The van der Waals surface area contributed by atoms with Crippen LogP contribution in [-0.2, 0) is 13.1 Å². The number of rotatable bonds is 8. The minimum atomic E-state index is -1.08. The fourth-order valence-corrected chi connectivity index (χ4v) is 6.15. The second-order valence-corrected chi connectivity index (χ2v) is 11.9. The molecule has 3 atom stereocenters. The Morgan fingerprint density at radius 1 is 1.17 bits per heavy atom. The van der Waals surface area contributed by atoms with E-state index in [0.717, 1.165) is 23.5 Å². The van der Waals surface area contributed by atoms with Crippen LogP contribution in [0, 0.1) is 17.3 Å². The number of benzene rings is 1. The van der Waals surface area contributed by atoms with E-state index in [1.807, 2.05) is 38.1 Å². The lowest BCUT2D eigenvalue weighted by Crippen LogP contribution is -2.62. The van der Waals surface area contributed by atoms with Gasteiger partial charge in [-0.3, -0.25) is 14.3 Å². The normalized spacial score (nSPS) is 24.9. The van der Waals surface area contributed by atoms with E-state index in [1.165, 1.54) is 49.1 Å². The van der Waals surface area contributed by atoms with Gasteiger partial charge < -0.3 is 15.9 Å². The number of piperidine rings is 1. The Bertz CT molecular complexity index is 1060. The Labute approximate surface area is 215 Å². The molecular weight excluding hydrogens is 452 g/mol. The van der Waals surface area contributed by atoms with Crippen LogP contribution in [0.3, 0.4) is 0 Å². The second kappa shape index (κ2) is 11.1. The molecule has 2 aliphatic rings. The van der Waals surface area contributed by atoms with Gasteiger partial charge in [0, 0.05) is 36.7 Å². The van der Waals surface area contributed by atoms with E-state index in [1.54, 1.807) is 0 Å². The number of aliphatic hydroxyl groups is 2. The van der Waals surface area contributed by atoms with Gasteiger partial charge in [-0.25, -0.2) is 4.98 Å². The zero-order valence-corrected chi connectivity index (χ0v) is 22.2. The summed E-state index contributed by atoms with van der Waals surface area (Å²) in [5.74, 6) is 0.924. The highest BCUT2D eigenvalue weighted by atomic mass is 16.3. The Morgan fingerprint density at radius 2 is 1.86 bits per heavy atom. The molecule has 198 valence electrons. The van der Waals surface area contributed by atoms with Gasteiger partial charge in [-0.15, -0.1) is 0 Å². The SMILES string of the molecule is C[C@H](CC1CCCCC1)C(O)N1CCC(O)(Cn2cnc(-c3ccc(CN)cc3)cc2=O)C(C)(C)C1. The summed E-state index contributed by atoms with van der Waals surface area (Å²) >= 11 is 0. The van der Waals surface area contributed by atoms with Gasteiger partial charge in [0.1, 0.15) is 6.23 Å². The standard InChI is InChI=1S/C29H44N4O3/c1-21(15-22-7-5-4-6-8-22)27(35)32-14-13-29(36,28(2,3)18-32)19-33-20-31-25(16-26(33)34)24-11-9-23(17-30)10-12-24/h9-12,16,20-22,27,35-36H,4-8,13-15,17-19,30H2,1-3H3/t21-,27?,29?/m1/s1. The number of hydrogen-bond acceptors (Lipinski definition) is 6. The zero-order chi connectivity index (χ0) is 25.9. The van der Waals surface area contributed by atoms with Crippen LogP contribution < -0.4 is 11.3 Å². The maximum Gasteiger partial charge on any atom is 0.253 e. The molecule has 2 unspecified atom stereocenters. The van der Waals surface area contributed by atoms with Crippen molar-refractivity contribution in [1.82, 2.24) is 14.5 Å². The Hall–Kier alpha value is -2.06. The van der Waals surface area contributed by atoms with Crippen LogP contribution >= 0.6 is 0 Å². The average Bonchev–Trinajstić information content (AvgIpc) is 2.87. The van der Waals surface area contributed by atoms with Gasteiger partial charge in [0.2, 0.25) is 0 Å². The first kappa shape index (κ1) is 27.0. The summed E-state index contributed by atoms with van der Waals surface area (Å²) in [5, 5.41) is 22.9. The predicted octanol–water partition coefficient (Wildman–Crippen LogP) is 3.76. The maximum atomic E-state index is 13.0. The van der Waals surface area contributed by atoms with Gasteiger partial charge in [0.05, 0.1) is 24.2 Å². The number of aromatic nitrogens is 2. The minimum Gasteiger partial charge on any atom is -0.387 e. The maximum absolute atomic E-state index is 13.0. The molecule has 36 heavy (non-hydrogen) atoms. The fourth-order valence-electron chi connectivity index (χ4n) is 6.15. The van der Waals surface area contributed by atoms with Crippen LogP contribution in [0.1, 0.15) is 71.3 Å². The van der Waals surface area contributed by atoms with E-state index in [2.05, 4.69) is 16.8 Å². The van der Waals surface area contributed by atoms with Crippen molar-refractivity contribution in [3.63, 3.8) is 0 Å². The van der Waals surface area contributed by atoms with Crippen molar-refractivity contribution in [3.05, 3.63) is 52.6 Å². The van der Waals surface area contributed by atoms with E-state index in [4.69, 9.17) is 5.73 Å². The number of likely N-dealkylation sites (tertiary alicyclic amines) is 1. The number of nitrogens with two attached hydrogens (primary N) is 1. The van der Waals surface area contributed by atoms with Crippen LogP contribution in [0.25, 0.3) is 11.3 Å². The molecule has 1 aromatic heterocycles. The Balaban J connectivity index is 1.41. The summed E-state index contributed by atoms with van der Waals surface area (Å²) in [6.07, 6.45) is 9.11. The summed E-state index contributed by atoms with van der Waals surface area (Å²) in [6.45, 7) is 8.05. The van der Waals surface area contributed by atoms with E-state index >= 15 is 0 Å². The first-order valence-electron chi connectivity index (χ1n) is 13.6. The highest BCUT2D eigenvalue weighted by Crippen LogP contribution is 2.41. The Morgan fingerprint density at radius 3 is 2.47 bits per heavy atom. The molecule has 0 spiro atoms. The molecule has 4 N–H and O–H groups in total. The monoisotopic (exact) mass is 496 g/mol. The largest absolute Gasteiger partial charge is 0.387 e. The number of nitrogens with zero attached hydrogens (tertiary/aromatic N) is 3. The third kappa shape index (κ3) is 5.91. The first-order chi connectivity index (χ1) is 17.1. The molecule has 1 saturated heterocycles. The first-order valence-corrected chi connectivity index (χ1v) is 13.6.